The summed E-state index contributed by atoms with van der Waals surface area (Å²) in [6.07, 6.45) is 3.76. The van der Waals surface area contributed by atoms with Crippen LogP contribution in [0.1, 0.15) is 68.6 Å². The Morgan fingerprint density at radius 2 is 1.50 bits per heavy atom. The molecule has 286 valence electrons. The Balaban J connectivity index is 1.24. The Morgan fingerprint density at radius 3 is 2.11 bits per heavy atom. The first-order chi connectivity index (χ1) is 25.9. The largest absolute Gasteiger partial charge is 0.432 e. The van der Waals surface area contributed by atoms with Crippen molar-refractivity contribution >= 4 is 49.0 Å². The maximum absolute atomic E-state index is 15.2. The van der Waals surface area contributed by atoms with Crippen molar-refractivity contribution in [3.05, 3.63) is 89.5 Å². The number of carbonyl (C=O) groups excluding carboxylic acids is 4. The molecule has 0 saturated carbocycles. The summed E-state index contributed by atoms with van der Waals surface area (Å²) in [5, 5.41) is 9.90. The van der Waals surface area contributed by atoms with E-state index in [0.29, 0.717) is 49.4 Å². The molecule has 3 fully saturated rings. The van der Waals surface area contributed by atoms with Crippen LogP contribution in [0.3, 0.4) is 0 Å². The maximum Gasteiger partial charge on any atom is 0.264 e. The number of fused-ring (bicyclic) bond motifs is 2. The molecule has 4 amide bonds. The fourth-order valence-corrected chi connectivity index (χ4v) is 11.8. The first-order valence-corrected chi connectivity index (χ1v) is 22.4. The van der Waals surface area contributed by atoms with E-state index in [-0.39, 0.29) is 49.7 Å². The lowest BCUT2D eigenvalue weighted by Crippen LogP contribution is -2.46. The standard InChI is InChI=1S/C42H52N4O7Si/c1-29-40(54(2,3)52)36(26-39(50)43(23-24-47)27-30-11-5-4-6-12-30)53-42(29)34-25-33(45-22-10-8-14-38(45)49)19-20-35(34)46(41(42)51)28-31-15-17-32(18-16-31)44-21-9-7-13-37(44)48/h4-6,11-12,15-20,25,29,36,40,47,52H,7-10,13-14,21-24,26-28H2,1-3H3/t29-,36+,40-,42+/m1/s1. The van der Waals surface area contributed by atoms with Crippen molar-refractivity contribution in [2.45, 2.75) is 95.3 Å². The summed E-state index contributed by atoms with van der Waals surface area (Å²) < 4.78 is 7.02. The molecule has 0 radical (unpaired) electrons. The van der Waals surface area contributed by atoms with E-state index in [9.17, 15) is 24.3 Å². The van der Waals surface area contributed by atoms with Gasteiger partial charge in [-0.1, -0.05) is 49.4 Å². The van der Waals surface area contributed by atoms with Gasteiger partial charge in [0.15, 0.2) is 13.9 Å². The molecule has 2 N–H and O–H groups in total. The van der Waals surface area contributed by atoms with Crippen molar-refractivity contribution in [2.75, 3.05) is 40.9 Å². The molecule has 0 aliphatic carbocycles. The molecule has 1 spiro atoms. The van der Waals surface area contributed by atoms with Crippen LogP contribution >= 0.6 is 0 Å². The second-order valence-corrected chi connectivity index (χ2v) is 19.8. The quantitative estimate of drug-likeness (QED) is 0.248. The van der Waals surface area contributed by atoms with Gasteiger partial charge in [-0.05, 0) is 80.2 Å². The number of aliphatic hydroxyl groups is 1. The molecule has 3 saturated heterocycles. The molecule has 3 aromatic carbocycles. The predicted octanol–water partition coefficient (Wildman–Crippen LogP) is 5.48. The van der Waals surface area contributed by atoms with Crippen LogP contribution in [-0.2, 0) is 42.6 Å². The van der Waals surface area contributed by atoms with Gasteiger partial charge in [-0.25, -0.2) is 0 Å². The summed E-state index contributed by atoms with van der Waals surface area (Å²) in [5.74, 6) is -0.840. The van der Waals surface area contributed by atoms with E-state index >= 15 is 4.79 Å². The van der Waals surface area contributed by atoms with Gasteiger partial charge in [0.2, 0.25) is 17.7 Å². The van der Waals surface area contributed by atoms with Gasteiger partial charge < -0.3 is 34.2 Å². The minimum atomic E-state index is -3.08. The molecule has 7 rings (SSSR count). The van der Waals surface area contributed by atoms with E-state index in [1.165, 1.54) is 0 Å². The van der Waals surface area contributed by atoms with Crippen molar-refractivity contribution in [3.8, 4) is 0 Å². The first-order valence-electron chi connectivity index (χ1n) is 19.4. The highest BCUT2D eigenvalue weighted by atomic mass is 28.4. The fourth-order valence-electron chi connectivity index (χ4n) is 9.23. The highest BCUT2D eigenvalue weighted by Gasteiger charge is 2.66. The molecule has 0 aromatic heterocycles. The van der Waals surface area contributed by atoms with Crippen LogP contribution in [-0.4, -0.2) is 79.1 Å². The van der Waals surface area contributed by atoms with E-state index < -0.39 is 31.5 Å². The third kappa shape index (κ3) is 7.12. The van der Waals surface area contributed by atoms with Gasteiger partial charge in [-0.3, -0.25) is 19.2 Å². The third-order valence-electron chi connectivity index (χ3n) is 11.8. The number of benzene rings is 3. The number of rotatable bonds is 11. The molecule has 3 aromatic rings. The van der Waals surface area contributed by atoms with Crippen LogP contribution in [0.15, 0.2) is 72.8 Å². The lowest BCUT2D eigenvalue weighted by molar-refractivity contribution is -0.150. The molecule has 54 heavy (non-hydrogen) atoms. The van der Waals surface area contributed by atoms with E-state index in [1.807, 2.05) is 97.7 Å². The third-order valence-corrected chi connectivity index (χ3v) is 14.3. The maximum atomic E-state index is 15.2. The lowest BCUT2D eigenvalue weighted by Gasteiger charge is -2.33. The highest BCUT2D eigenvalue weighted by molar-refractivity contribution is 6.71. The van der Waals surface area contributed by atoms with E-state index in [2.05, 4.69) is 0 Å². The van der Waals surface area contributed by atoms with Gasteiger partial charge in [0.1, 0.15) is 0 Å². The van der Waals surface area contributed by atoms with Crippen LogP contribution in [0.2, 0.25) is 18.6 Å². The van der Waals surface area contributed by atoms with Gasteiger partial charge >= 0.3 is 0 Å². The number of anilines is 3. The van der Waals surface area contributed by atoms with Crippen molar-refractivity contribution in [1.82, 2.24) is 4.90 Å². The van der Waals surface area contributed by atoms with Gasteiger partial charge in [0, 0.05) is 67.4 Å². The zero-order valence-electron chi connectivity index (χ0n) is 31.6. The zero-order chi connectivity index (χ0) is 38.2. The number of nitrogens with zero attached hydrogens (tertiary/aromatic N) is 4. The van der Waals surface area contributed by atoms with Gasteiger partial charge in [-0.15, -0.1) is 0 Å². The van der Waals surface area contributed by atoms with Crippen molar-refractivity contribution in [2.24, 2.45) is 5.92 Å². The van der Waals surface area contributed by atoms with Crippen LogP contribution in [0.25, 0.3) is 0 Å². The molecule has 11 nitrogen and oxygen atoms in total. The lowest BCUT2D eigenvalue weighted by atomic mass is 9.82. The second-order valence-electron chi connectivity index (χ2n) is 15.9. The average Bonchev–Trinajstić information content (AvgIpc) is 3.58. The Bertz CT molecular complexity index is 1880. The zero-order valence-corrected chi connectivity index (χ0v) is 32.6. The highest BCUT2D eigenvalue weighted by Crippen LogP contribution is 2.60. The number of hydrogen-bond donors (Lipinski definition) is 2. The number of aliphatic hydroxyl groups excluding tert-OH is 1. The molecular weight excluding hydrogens is 701 g/mol. The normalized spacial score (nSPS) is 24.4. The van der Waals surface area contributed by atoms with E-state index in [4.69, 9.17) is 4.74 Å². The molecule has 0 bridgehead atoms. The topological polar surface area (TPSA) is 131 Å². The van der Waals surface area contributed by atoms with E-state index in [1.54, 1.807) is 14.7 Å². The minimum Gasteiger partial charge on any atom is -0.432 e. The summed E-state index contributed by atoms with van der Waals surface area (Å²) in [5.41, 5.74) is 2.67. The Kier molecular flexibility index (Phi) is 10.8. The van der Waals surface area contributed by atoms with Crippen LogP contribution in [0, 0.1) is 5.92 Å². The Labute approximate surface area is 318 Å². The minimum absolute atomic E-state index is 0.0386. The molecule has 4 atom stereocenters. The molecule has 12 heteroatoms. The summed E-state index contributed by atoms with van der Waals surface area (Å²) in [7, 11) is -3.08. The summed E-state index contributed by atoms with van der Waals surface area (Å²) in [6.45, 7) is 7.38. The summed E-state index contributed by atoms with van der Waals surface area (Å²) in [6, 6.07) is 23.1. The Hall–Kier alpha value is -4.36. The average molecular weight is 753 g/mol. The monoisotopic (exact) mass is 752 g/mol. The molecule has 4 aliphatic rings. The summed E-state index contributed by atoms with van der Waals surface area (Å²) >= 11 is 0. The Morgan fingerprint density at radius 1 is 0.870 bits per heavy atom. The van der Waals surface area contributed by atoms with Crippen LogP contribution < -0.4 is 14.7 Å². The molecule has 0 unspecified atom stereocenters. The SMILES string of the molecule is C[C@@H]1[C@@H]([Si](C)(C)O)[C@H](CC(=O)N(CCO)Cc2ccccc2)O[C@@]12C(=O)N(Cc1ccc(N3CCCCC3=O)cc1)c1ccc(N3CCCCC3=O)cc12. The van der Waals surface area contributed by atoms with Crippen LogP contribution in [0.4, 0.5) is 17.1 Å². The summed E-state index contributed by atoms with van der Waals surface area (Å²) in [4.78, 5) is 73.8. The first kappa shape index (κ1) is 37.9. The smallest absolute Gasteiger partial charge is 0.264 e. The van der Waals surface area contributed by atoms with Crippen molar-refractivity contribution < 1.29 is 33.8 Å². The van der Waals surface area contributed by atoms with Crippen molar-refractivity contribution in [3.63, 3.8) is 0 Å². The molecule has 4 heterocycles. The molecule has 4 aliphatic heterocycles. The number of carbonyl (C=O) groups is 4. The van der Waals surface area contributed by atoms with Gasteiger partial charge in [0.05, 0.1) is 31.4 Å². The number of ether oxygens (including phenoxy) is 1. The number of piperidine rings is 2. The van der Waals surface area contributed by atoms with Crippen molar-refractivity contribution in [1.29, 1.82) is 0 Å². The fraction of sp³-hybridized carbons (Fsp3) is 0.476. The predicted molar refractivity (Wildman–Crippen MR) is 209 cm³/mol. The van der Waals surface area contributed by atoms with E-state index in [0.717, 1.165) is 42.5 Å². The van der Waals surface area contributed by atoms with Crippen LogP contribution in [0.5, 0.6) is 0 Å². The number of amides is 4. The molecular formula is C42H52N4O7Si. The second kappa shape index (κ2) is 15.4. The van der Waals surface area contributed by atoms with Gasteiger partial charge in [-0.2, -0.15) is 0 Å². The van der Waals surface area contributed by atoms with Gasteiger partial charge in [0.25, 0.3) is 5.91 Å². The number of hydrogen-bond acceptors (Lipinski definition) is 7.